The maximum Gasteiger partial charge on any atom is 0.286 e. The lowest BCUT2D eigenvalue weighted by atomic mass is 10.2. The number of carbonyl (C=O) groups is 2. The lowest BCUT2D eigenvalue weighted by Gasteiger charge is -2.07. The molecular formula is C18H15N3O5. The second-order valence-electron chi connectivity index (χ2n) is 5.61. The van der Waals surface area contributed by atoms with Crippen LogP contribution in [-0.2, 0) is 0 Å². The Hall–Kier alpha value is -3.68. The van der Waals surface area contributed by atoms with Crippen molar-refractivity contribution in [2.75, 3.05) is 13.9 Å². The minimum atomic E-state index is -0.464. The molecule has 1 aliphatic heterocycles. The van der Waals surface area contributed by atoms with Gasteiger partial charge in [-0.3, -0.25) is 20.4 Å². The van der Waals surface area contributed by atoms with Gasteiger partial charge in [0, 0.05) is 22.5 Å². The summed E-state index contributed by atoms with van der Waals surface area (Å²) in [5, 5.41) is 0.859. The molecule has 0 bridgehead atoms. The quantitative estimate of drug-likeness (QED) is 0.625. The second kappa shape index (κ2) is 6.32. The smallest absolute Gasteiger partial charge is 0.286 e. The number of hydrogen-bond donors (Lipinski definition) is 3. The maximum absolute atomic E-state index is 12.3. The minimum absolute atomic E-state index is 0.127. The zero-order valence-electron chi connectivity index (χ0n) is 13.8. The van der Waals surface area contributed by atoms with E-state index >= 15 is 0 Å². The van der Waals surface area contributed by atoms with Crippen molar-refractivity contribution in [3.8, 4) is 17.2 Å². The van der Waals surface area contributed by atoms with Crippen LogP contribution in [0.2, 0.25) is 0 Å². The van der Waals surface area contributed by atoms with Gasteiger partial charge in [-0.15, -0.1) is 0 Å². The van der Waals surface area contributed by atoms with Gasteiger partial charge in [0.1, 0.15) is 11.4 Å². The van der Waals surface area contributed by atoms with Crippen molar-refractivity contribution in [3.63, 3.8) is 0 Å². The Labute approximate surface area is 148 Å². The number of ether oxygens (including phenoxy) is 3. The predicted octanol–water partition coefficient (Wildman–Crippen LogP) is 1.98. The molecule has 1 aliphatic rings. The summed E-state index contributed by atoms with van der Waals surface area (Å²) in [6.45, 7) is 0.127. The topological polar surface area (TPSA) is 102 Å². The lowest BCUT2D eigenvalue weighted by Crippen LogP contribution is -2.41. The van der Waals surface area contributed by atoms with Crippen molar-refractivity contribution >= 4 is 22.7 Å². The Kier molecular flexibility index (Phi) is 3.85. The fourth-order valence-electron chi connectivity index (χ4n) is 2.65. The summed E-state index contributed by atoms with van der Waals surface area (Å²) in [6, 6.07) is 11.9. The van der Waals surface area contributed by atoms with Gasteiger partial charge in [0.15, 0.2) is 11.5 Å². The molecule has 2 amide bonds. The van der Waals surface area contributed by atoms with E-state index in [1.165, 1.54) is 0 Å². The van der Waals surface area contributed by atoms with Crippen LogP contribution in [-0.4, -0.2) is 30.7 Å². The highest BCUT2D eigenvalue weighted by Gasteiger charge is 2.17. The van der Waals surface area contributed by atoms with E-state index in [-0.39, 0.29) is 6.79 Å². The number of aromatic amines is 1. The monoisotopic (exact) mass is 353 g/mol. The molecule has 3 aromatic rings. The van der Waals surface area contributed by atoms with E-state index in [2.05, 4.69) is 15.8 Å². The van der Waals surface area contributed by atoms with E-state index in [1.54, 1.807) is 43.5 Å². The number of hydrazine groups is 1. The number of nitrogens with one attached hydrogen (secondary N) is 3. The molecule has 0 saturated heterocycles. The molecule has 26 heavy (non-hydrogen) atoms. The molecule has 2 aromatic carbocycles. The molecule has 0 atom stereocenters. The highest BCUT2D eigenvalue weighted by atomic mass is 16.7. The third-order valence-electron chi connectivity index (χ3n) is 4.00. The fraction of sp³-hybridized carbons (Fsp3) is 0.111. The first-order chi connectivity index (χ1) is 12.6. The van der Waals surface area contributed by atoms with Crippen molar-refractivity contribution in [1.29, 1.82) is 0 Å². The van der Waals surface area contributed by atoms with Crippen molar-refractivity contribution in [2.45, 2.75) is 0 Å². The molecule has 0 saturated carbocycles. The van der Waals surface area contributed by atoms with Crippen molar-refractivity contribution in [2.24, 2.45) is 0 Å². The first-order valence-corrected chi connectivity index (χ1v) is 7.81. The SMILES string of the molecule is COc1ccc2cc(C(=O)NNC(=O)c3ccc4c(c3)OCO4)[nH]c2c1. The maximum atomic E-state index is 12.3. The number of carbonyl (C=O) groups excluding carboxylic acids is 2. The van der Waals surface area contributed by atoms with Gasteiger partial charge in [-0.25, -0.2) is 0 Å². The number of aromatic nitrogens is 1. The van der Waals surface area contributed by atoms with E-state index in [1.807, 2.05) is 6.07 Å². The molecule has 132 valence electrons. The molecule has 0 aliphatic carbocycles. The average molecular weight is 353 g/mol. The summed E-state index contributed by atoms with van der Waals surface area (Å²) in [4.78, 5) is 27.4. The van der Waals surface area contributed by atoms with Gasteiger partial charge in [0.25, 0.3) is 11.8 Å². The van der Waals surface area contributed by atoms with Crippen LogP contribution in [0.3, 0.4) is 0 Å². The normalized spacial score (nSPS) is 12.0. The number of fused-ring (bicyclic) bond motifs is 2. The zero-order valence-corrected chi connectivity index (χ0v) is 13.8. The van der Waals surface area contributed by atoms with E-state index in [0.29, 0.717) is 28.5 Å². The molecule has 8 nitrogen and oxygen atoms in total. The Morgan fingerprint density at radius 2 is 1.81 bits per heavy atom. The number of hydrogen-bond acceptors (Lipinski definition) is 5. The van der Waals surface area contributed by atoms with Gasteiger partial charge in [0.05, 0.1) is 7.11 Å². The molecule has 2 heterocycles. The molecule has 0 radical (unpaired) electrons. The van der Waals surface area contributed by atoms with Gasteiger partial charge in [-0.05, 0) is 36.4 Å². The predicted molar refractivity (Wildman–Crippen MR) is 92.3 cm³/mol. The first-order valence-electron chi connectivity index (χ1n) is 7.81. The van der Waals surface area contributed by atoms with Crippen LogP contribution in [0.25, 0.3) is 10.9 Å². The third kappa shape index (κ3) is 2.88. The van der Waals surface area contributed by atoms with E-state index in [4.69, 9.17) is 14.2 Å². The van der Waals surface area contributed by atoms with E-state index in [9.17, 15) is 9.59 Å². The van der Waals surface area contributed by atoms with Crippen LogP contribution in [0.15, 0.2) is 42.5 Å². The zero-order chi connectivity index (χ0) is 18.1. The lowest BCUT2D eigenvalue weighted by molar-refractivity contribution is 0.0844. The van der Waals surface area contributed by atoms with Crippen LogP contribution in [0.5, 0.6) is 17.2 Å². The highest BCUT2D eigenvalue weighted by Crippen LogP contribution is 2.32. The van der Waals surface area contributed by atoms with E-state index < -0.39 is 11.8 Å². The molecule has 0 fully saturated rings. The van der Waals surface area contributed by atoms with E-state index in [0.717, 1.165) is 10.9 Å². The van der Waals surface area contributed by atoms with Crippen molar-refractivity contribution in [3.05, 3.63) is 53.7 Å². The molecule has 1 aromatic heterocycles. The van der Waals surface area contributed by atoms with Gasteiger partial charge in [-0.2, -0.15) is 0 Å². The van der Waals surface area contributed by atoms with Gasteiger partial charge in [0.2, 0.25) is 6.79 Å². The Balaban J connectivity index is 1.44. The van der Waals surface area contributed by atoms with Crippen molar-refractivity contribution in [1.82, 2.24) is 15.8 Å². The highest BCUT2D eigenvalue weighted by molar-refractivity contribution is 6.01. The summed E-state index contributed by atoms with van der Waals surface area (Å²) in [7, 11) is 1.57. The number of H-pyrrole nitrogens is 1. The van der Waals surface area contributed by atoms with Gasteiger partial charge in [-0.1, -0.05) is 0 Å². The number of benzene rings is 2. The summed E-state index contributed by atoms with van der Waals surface area (Å²) < 4.78 is 15.6. The molecular weight excluding hydrogens is 338 g/mol. The largest absolute Gasteiger partial charge is 0.497 e. The Morgan fingerprint density at radius 1 is 1.00 bits per heavy atom. The van der Waals surface area contributed by atoms with Crippen LogP contribution >= 0.6 is 0 Å². The number of rotatable bonds is 3. The number of methoxy groups -OCH3 is 1. The van der Waals surface area contributed by atoms with Crippen LogP contribution in [0, 0.1) is 0 Å². The van der Waals surface area contributed by atoms with Gasteiger partial charge < -0.3 is 19.2 Å². The summed E-state index contributed by atoms with van der Waals surface area (Å²) >= 11 is 0. The summed E-state index contributed by atoms with van der Waals surface area (Å²) in [6.07, 6.45) is 0. The molecule has 4 rings (SSSR count). The minimum Gasteiger partial charge on any atom is -0.497 e. The number of amides is 2. The molecule has 8 heteroatoms. The van der Waals surface area contributed by atoms with Crippen molar-refractivity contribution < 1.29 is 23.8 Å². The Morgan fingerprint density at radius 3 is 2.65 bits per heavy atom. The van der Waals surface area contributed by atoms with Gasteiger partial charge >= 0.3 is 0 Å². The first kappa shape index (κ1) is 15.8. The Bertz CT molecular complexity index is 1010. The van der Waals surface area contributed by atoms with Crippen LogP contribution in [0.1, 0.15) is 20.8 Å². The molecule has 0 spiro atoms. The third-order valence-corrected chi connectivity index (χ3v) is 4.00. The fourth-order valence-corrected chi connectivity index (χ4v) is 2.65. The van der Waals surface area contributed by atoms with Crippen LogP contribution < -0.4 is 25.1 Å². The summed E-state index contributed by atoms with van der Waals surface area (Å²) in [5.74, 6) is 0.832. The molecule has 3 N–H and O–H groups in total. The standard InChI is InChI=1S/C18H15N3O5/c1-24-12-4-2-10-6-14(19-13(10)8-12)18(23)21-20-17(22)11-3-5-15-16(7-11)26-9-25-15/h2-8,19H,9H2,1H3,(H,20,22)(H,21,23). The average Bonchev–Trinajstić information content (AvgIpc) is 3.30. The summed E-state index contributed by atoms with van der Waals surface area (Å²) in [5.41, 5.74) is 6.18. The second-order valence-corrected chi connectivity index (χ2v) is 5.61. The van der Waals surface area contributed by atoms with Crippen LogP contribution in [0.4, 0.5) is 0 Å². The molecule has 0 unspecified atom stereocenters.